The average molecular weight is 230 g/mol. The predicted octanol–water partition coefficient (Wildman–Crippen LogP) is 2.30. The van der Waals surface area contributed by atoms with Gasteiger partial charge in [-0.05, 0) is 18.1 Å². The monoisotopic (exact) mass is 230 g/mol. The quantitative estimate of drug-likeness (QED) is 0.792. The normalized spacial score (nSPS) is 11.0. The summed E-state index contributed by atoms with van der Waals surface area (Å²) in [5, 5.41) is 7.16. The minimum atomic E-state index is 0.363. The van der Waals surface area contributed by atoms with Crippen molar-refractivity contribution in [2.24, 2.45) is 0 Å². The standard InChI is InChI=1S/C13H18N4/c1-9(2)13-15-12(16-17-13)8-7-10-5-3-4-6-11(10)14/h3-6,9H,7-8,14H2,1-2H3,(H,15,16,17). The van der Waals surface area contributed by atoms with Crippen LogP contribution < -0.4 is 5.73 Å². The van der Waals surface area contributed by atoms with Crippen molar-refractivity contribution in [3.8, 4) is 0 Å². The fourth-order valence-corrected chi connectivity index (χ4v) is 1.70. The maximum absolute atomic E-state index is 5.89. The van der Waals surface area contributed by atoms with E-state index in [4.69, 9.17) is 5.73 Å². The molecule has 1 heterocycles. The molecule has 2 rings (SSSR count). The Hall–Kier alpha value is -1.84. The topological polar surface area (TPSA) is 67.6 Å². The highest BCUT2D eigenvalue weighted by atomic mass is 15.2. The number of aryl methyl sites for hydroxylation is 2. The van der Waals surface area contributed by atoms with Gasteiger partial charge in [-0.3, -0.25) is 5.10 Å². The Bertz CT molecular complexity index is 488. The SMILES string of the molecule is CC(C)c1n[nH]c(CCc2ccccc2N)n1. The summed E-state index contributed by atoms with van der Waals surface area (Å²) < 4.78 is 0. The Balaban J connectivity index is 2.00. The van der Waals surface area contributed by atoms with E-state index >= 15 is 0 Å². The van der Waals surface area contributed by atoms with Gasteiger partial charge >= 0.3 is 0 Å². The molecule has 0 atom stereocenters. The van der Waals surface area contributed by atoms with Crippen LogP contribution in [0, 0.1) is 0 Å². The molecule has 0 bridgehead atoms. The molecule has 2 aromatic rings. The van der Waals surface area contributed by atoms with Crippen LogP contribution in [0.2, 0.25) is 0 Å². The molecule has 0 fully saturated rings. The van der Waals surface area contributed by atoms with Gasteiger partial charge in [-0.15, -0.1) is 0 Å². The highest BCUT2D eigenvalue weighted by Gasteiger charge is 2.07. The van der Waals surface area contributed by atoms with Crippen molar-refractivity contribution in [3.63, 3.8) is 0 Å². The average Bonchev–Trinajstić information content (AvgIpc) is 2.77. The van der Waals surface area contributed by atoms with Crippen LogP contribution in [0.3, 0.4) is 0 Å². The number of H-pyrrole nitrogens is 1. The third-order valence-electron chi connectivity index (χ3n) is 2.75. The summed E-state index contributed by atoms with van der Waals surface area (Å²) in [6.45, 7) is 4.17. The number of aromatic amines is 1. The number of hydrogen-bond donors (Lipinski definition) is 2. The molecule has 4 heteroatoms. The summed E-state index contributed by atoms with van der Waals surface area (Å²) in [5.74, 6) is 2.17. The summed E-state index contributed by atoms with van der Waals surface area (Å²) in [6.07, 6.45) is 1.73. The van der Waals surface area contributed by atoms with Crippen LogP contribution in [-0.4, -0.2) is 15.2 Å². The Labute approximate surface area is 101 Å². The number of anilines is 1. The van der Waals surface area contributed by atoms with Gasteiger partial charge in [0.1, 0.15) is 5.82 Å². The lowest BCUT2D eigenvalue weighted by Crippen LogP contribution is -1.98. The number of nitrogens with one attached hydrogen (secondary N) is 1. The second-order valence-corrected chi connectivity index (χ2v) is 4.49. The molecule has 0 saturated carbocycles. The van der Waals surface area contributed by atoms with Crippen LogP contribution in [0.4, 0.5) is 5.69 Å². The highest BCUT2D eigenvalue weighted by Crippen LogP contribution is 2.13. The van der Waals surface area contributed by atoms with Gasteiger partial charge in [0.05, 0.1) is 0 Å². The molecular formula is C13H18N4. The number of nitrogens with zero attached hydrogens (tertiary/aromatic N) is 2. The summed E-state index contributed by atoms with van der Waals surface area (Å²) in [7, 11) is 0. The van der Waals surface area contributed by atoms with Crippen molar-refractivity contribution in [2.75, 3.05) is 5.73 Å². The van der Waals surface area contributed by atoms with Gasteiger partial charge in [-0.1, -0.05) is 32.0 Å². The van der Waals surface area contributed by atoms with E-state index in [1.54, 1.807) is 0 Å². The van der Waals surface area contributed by atoms with Gasteiger partial charge in [0.25, 0.3) is 0 Å². The zero-order chi connectivity index (χ0) is 12.3. The highest BCUT2D eigenvalue weighted by molar-refractivity contribution is 5.46. The lowest BCUT2D eigenvalue weighted by atomic mass is 10.1. The second kappa shape index (κ2) is 4.99. The first-order valence-electron chi connectivity index (χ1n) is 5.91. The van der Waals surface area contributed by atoms with Crippen LogP contribution in [0.5, 0.6) is 0 Å². The minimum Gasteiger partial charge on any atom is -0.399 e. The van der Waals surface area contributed by atoms with Gasteiger partial charge in [0.2, 0.25) is 0 Å². The maximum atomic E-state index is 5.89. The van der Waals surface area contributed by atoms with Crippen molar-refractivity contribution in [2.45, 2.75) is 32.6 Å². The van der Waals surface area contributed by atoms with E-state index in [1.807, 2.05) is 18.2 Å². The number of para-hydroxylation sites is 1. The fraction of sp³-hybridized carbons (Fsp3) is 0.385. The molecule has 0 amide bonds. The van der Waals surface area contributed by atoms with Gasteiger partial charge in [0, 0.05) is 18.0 Å². The molecular weight excluding hydrogens is 212 g/mol. The lowest BCUT2D eigenvalue weighted by Gasteiger charge is -2.02. The van der Waals surface area contributed by atoms with Crippen molar-refractivity contribution in [1.29, 1.82) is 0 Å². The van der Waals surface area contributed by atoms with Crippen LogP contribution in [0.15, 0.2) is 24.3 Å². The van der Waals surface area contributed by atoms with Gasteiger partial charge < -0.3 is 5.73 Å². The van der Waals surface area contributed by atoms with E-state index in [2.05, 4.69) is 35.1 Å². The zero-order valence-corrected chi connectivity index (χ0v) is 10.3. The Morgan fingerprint density at radius 3 is 2.65 bits per heavy atom. The molecule has 1 aromatic carbocycles. The van der Waals surface area contributed by atoms with E-state index < -0.39 is 0 Å². The van der Waals surface area contributed by atoms with Crippen molar-refractivity contribution in [3.05, 3.63) is 41.5 Å². The fourth-order valence-electron chi connectivity index (χ4n) is 1.70. The number of nitrogen functional groups attached to an aromatic ring is 1. The molecule has 90 valence electrons. The largest absolute Gasteiger partial charge is 0.399 e. The van der Waals surface area contributed by atoms with E-state index in [0.29, 0.717) is 5.92 Å². The summed E-state index contributed by atoms with van der Waals surface area (Å²) in [4.78, 5) is 4.45. The minimum absolute atomic E-state index is 0.363. The molecule has 0 spiro atoms. The molecule has 0 unspecified atom stereocenters. The molecule has 0 aliphatic carbocycles. The second-order valence-electron chi connectivity index (χ2n) is 4.49. The molecule has 17 heavy (non-hydrogen) atoms. The van der Waals surface area contributed by atoms with Crippen molar-refractivity contribution >= 4 is 5.69 Å². The van der Waals surface area contributed by atoms with Crippen LogP contribution in [0.1, 0.15) is 37.0 Å². The smallest absolute Gasteiger partial charge is 0.153 e. The first-order valence-corrected chi connectivity index (χ1v) is 5.91. The van der Waals surface area contributed by atoms with Crippen molar-refractivity contribution in [1.82, 2.24) is 15.2 Å². The summed E-state index contributed by atoms with van der Waals surface area (Å²) in [6, 6.07) is 7.93. The first-order chi connectivity index (χ1) is 8.16. The molecule has 0 aliphatic heterocycles. The number of hydrogen-bond acceptors (Lipinski definition) is 3. The van der Waals surface area contributed by atoms with Gasteiger partial charge in [-0.25, -0.2) is 4.98 Å². The maximum Gasteiger partial charge on any atom is 0.153 e. The third-order valence-corrected chi connectivity index (χ3v) is 2.75. The van der Waals surface area contributed by atoms with E-state index in [9.17, 15) is 0 Å². The summed E-state index contributed by atoms with van der Waals surface area (Å²) >= 11 is 0. The van der Waals surface area contributed by atoms with Crippen LogP contribution in [-0.2, 0) is 12.8 Å². The number of nitrogens with two attached hydrogens (primary N) is 1. The van der Waals surface area contributed by atoms with Crippen LogP contribution in [0.25, 0.3) is 0 Å². The Kier molecular flexibility index (Phi) is 3.42. The molecule has 1 aromatic heterocycles. The Morgan fingerprint density at radius 1 is 1.24 bits per heavy atom. The van der Waals surface area contributed by atoms with Gasteiger partial charge in [-0.2, -0.15) is 5.10 Å². The van der Waals surface area contributed by atoms with E-state index in [1.165, 1.54) is 0 Å². The van der Waals surface area contributed by atoms with Crippen LogP contribution >= 0.6 is 0 Å². The summed E-state index contributed by atoms with van der Waals surface area (Å²) in [5.41, 5.74) is 7.90. The molecule has 0 saturated heterocycles. The molecule has 0 aliphatic rings. The third kappa shape index (κ3) is 2.84. The Morgan fingerprint density at radius 2 is 2.00 bits per heavy atom. The predicted molar refractivity (Wildman–Crippen MR) is 68.7 cm³/mol. The van der Waals surface area contributed by atoms with Crippen molar-refractivity contribution < 1.29 is 0 Å². The zero-order valence-electron chi connectivity index (χ0n) is 10.3. The first kappa shape index (κ1) is 11.6. The van der Waals surface area contributed by atoms with Gasteiger partial charge in [0.15, 0.2) is 5.82 Å². The lowest BCUT2D eigenvalue weighted by molar-refractivity contribution is 0.780. The molecule has 3 N–H and O–H groups in total. The van der Waals surface area contributed by atoms with E-state index in [-0.39, 0.29) is 0 Å². The number of benzene rings is 1. The number of rotatable bonds is 4. The number of aromatic nitrogens is 3. The van der Waals surface area contributed by atoms with E-state index in [0.717, 1.165) is 35.7 Å². The molecule has 4 nitrogen and oxygen atoms in total. The molecule has 0 radical (unpaired) electrons.